The van der Waals surface area contributed by atoms with Crippen molar-refractivity contribution in [2.45, 2.75) is 52.1 Å². The third kappa shape index (κ3) is 7.49. The number of amides is 1. The molecule has 2 aromatic heterocycles. The van der Waals surface area contributed by atoms with Crippen LogP contribution in [0.5, 0.6) is 0 Å². The van der Waals surface area contributed by atoms with Crippen LogP contribution in [0.4, 0.5) is 11.4 Å². The van der Waals surface area contributed by atoms with E-state index in [1.807, 2.05) is 11.1 Å². The van der Waals surface area contributed by atoms with E-state index in [1.54, 1.807) is 7.11 Å². The summed E-state index contributed by atoms with van der Waals surface area (Å²) in [5, 5.41) is 3.75. The van der Waals surface area contributed by atoms with Gasteiger partial charge in [-0.15, -0.1) is 0 Å². The Bertz CT molecular complexity index is 1190. The zero-order valence-corrected chi connectivity index (χ0v) is 25.2. The fraction of sp³-hybridized carbons (Fsp3) is 0.552. The van der Waals surface area contributed by atoms with Gasteiger partial charge in [0.2, 0.25) is 6.41 Å². The maximum Gasteiger partial charge on any atom is 0.209 e. The molecule has 4 rings (SSSR count). The van der Waals surface area contributed by atoms with Gasteiger partial charge in [0.25, 0.3) is 0 Å². The summed E-state index contributed by atoms with van der Waals surface area (Å²) in [7, 11) is 1.68. The first-order valence-corrected chi connectivity index (χ1v) is 14.8. The van der Waals surface area contributed by atoms with Gasteiger partial charge in [-0.2, -0.15) is 0 Å². The van der Waals surface area contributed by atoms with E-state index >= 15 is 0 Å². The molecule has 0 unspecified atom stereocenters. The number of nitrogens with one attached hydrogen (secondary N) is 2. The van der Waals surface area contributed by atoms with E-state index in [4.69, 9.17) is 9.72 Å². The molecule has 1 aliphatic rings. The van der Waals surface area contributed by atoms with Gasteiger partial charge >= 0.3 is 0 Å². The standard InChI is InChI=1S/C29H42BrN7O2/c1-5-36(17-16-35(20-38)13-6-18-39-4)24-9-7-22(8-10-24)28-33-27-26(25(30)19-31-29(27)34-28)32-23-11-14-37(15-12-23)21(2)3/h7-10,19-21,23H,5-6,11-18H2,1-4H3,(H2,31,32,33,34). The Hall–Kier alpha value is -2.69. The lowest BCUT2D eigenvalue weighted by Gasteiger charge is -2.35. The molecule has 0 bridgehead atoms. The Morgan fingerprint density at radius 2 is 1.95 bits per heavy atom. The van der Waals surface area contributed by atoms with Crippen molar-refractivity contribution in [2.24, 2.45) is 0 Å². The lowest BCUT2D eigenvalue weighted by atomic mass is 10.0. The number of ether oxygens (including phenoxy) is 1. The lowest BCUT2D eigenvalue weighted by molar-refractivity contribution is -0.118. The molecule has 39 heavy (non-hydrogen) atoms. The van der Waals surface area contributed by atoms with Crippen molar-refractivity contribution in [3.8, 4) is 11.4 Å². The number of nitrogens with zero attached hydrogens (tertiary/aromatic N) is 5. The number of hydrogen-bond donors (Lipinski definition) is 2. The second-order valence-electron chi connectivity index (χ2n) is 10.4. The monoisotopic (exact) mass is 599 g/mol. The number of aromatic amines is 1. The largest absolute Gasteiger partial charge is 0.385 e. The fourth-order valence-electron chi connectivity index (χ4n) is 5.15. The van der Waals surface area contributed by atoms with Gasteiger partial charge in [0, 0.05) is 82.5 Å². The van der Waals surface area contributed by atoms with Gasteiger partial charge in [0.1, 0.15) is 11.3 Å². The molecule has 3 heterocycles. The molecule has 2 N–H and O–H groups in total. The number of H-pyrrole nitrogens is 1. The van der Waals surface area contributed by atoms with Crippen LogP contribution in [-0.4, -0.2) is 96.2 Å². The van der Waals surface area contributed by atoms with Crippen molar-refractivity contribution in [1.82, 2.24) is 24.8 Å². The highest BCUT2D eigenvalue weighted by Gasteiger charge is 2.23. The number of rotatable bonds is 14. The number of piperidine rings is 1. The predicted octanol–water partition coefficient (Wildman–Crippen LogP) is 4.99. The molecular formula is C29H42BrN7O2. The zero-order chi connectivity index (χ0) is 27.8. The number of aromatic nitrogens is 3. The van der Waals surface area contributed by atoms with E-state index in [2.05, 4.69) is 86.1 Å². The van der Waals surface area contributed by atoms with E-state index in [9.17, 15) is 4.79 Å². The molecule has 212 valence electrons. The first-order valence-electron chi connectivity index (χ1n) is 14.0. The number of anilines is 2. The minimum Gasteiger partial charge on any atom is -0.385 e. The Morgan fingerprint density at radius 3 is 2.59 bits per heavy atom. The highest BCUT2D eigenvalue weighted by Crippen LogP contribution is 2.33. The number of carbonyl (C=O) groups excluding carboxylic acids is 1. The summed E-state index contributed by atoms with van der Waals surface area (Å²) in [6.45, 7) is 12.6. The van der Waals surface area contributed by atoms with Gasteiger partial charge in [0.15, 0.2) is 5.65 Å². The van der Waals surface area contributed by atoms with Crippen molar-refractivity contribution in [2.75, 3.05) is 63.2 Å². The molecule has 0 spiro atoms. The van der Waals surface area contributed by atoms with Gasteiger partial charge in [0.05, 0.1) is 10.2 Å². The summed E-state index contributed by atoms with van der Waals surface area (Å²) in [4.78, 5) is 31.0. The number of halogens is 1. The number of fused-ring (bicyclic) bond motifs is 1. The summed E-state index contributed by atoms with van der Waals surface area (Å²) in [6.07, 6.45) is 5.83. The molecule has 0 radical (unpaired) electrons. The van der Waals surface area contributed by atoms with E-state index in [-0.39, 0.29) is 0 Å². The molecule has 0 atom stereocenters. The maximum atomic E-state index is 11.4. The van der Waals surface area contributed by atoms with Gasteiger partial charge in [-0.3, -0.25) is 4.79 Å². The second kappa shape index (κ2) is 14.1. The van der Waals surface area contributed by atoms with E-state index in [1.165, 1.54) is 0 Å². The molecule has 1 amide bonds. The van der Waals surface area contributed by atoms with Gasteiger partial charge < -0.3 is 29.7 Å². The van der Waals surface area contributed by atoms with E-state index in [0.29, 0.717) is 31.8 Å². The first kappa shape index (κ1) is 29.3. The second-order valence-corrected chi connectivity index (χ2v) is 11.3. The third-order valence-electron chi connectivity index (χ3n) is 7.56. The van der Waals surface area contributed by atoms with Crippen LogP contribution in [-0.2, 0) is 9.53 Å². The number of imidazole rings is 1. The average molecular weight is 601 g/mol. The first-order chi connectivity index (χ1) is 18.9. The lowest BCUT2D eigenvalue weighted by Crippen LogP contribution is -2.42. The highest BCUT2D eigenvalue weighted by molar-refractivity contribution is 9.10. The number of methoxy groups -OCH3 is 1. The number of pyridine rings is 1. The smallest absolute Gasteiger partial charge is 0.209 e. The molecule has 1 fully saturated rings. The van der Waals surface area contributed by atoms with Gasteiger partial charge in [-0.25, -0.2) is 9.97 Å². The van der Waals surface area contributed by atoms with Crippen LogP contribution in [0.25, 0.3) is 22.6 Å². The van der Waals surface area contributed by atoms with Crippen LogP contribution < -0.4 is 10.2 Å². The Kier molecular flexibility index (Phi) is 10.6. The Morgan fingerprint density at radius 1 is 1.21 bits per heavy atom. The van der Waals surface area contributed by atoms with Crippen LogP contribution in [0.3, 0.4) is 0 Å². The number of carbonyl (C=O) groups is 1. The molecule has 1 aromatic carbocycles. The topological polar surface area (TPSA) is 89.6 Å². The SMILES string of the molecule is CCN(CCN(C=O)CCCOC)c1ccc(-c2nc3c(NC4CCN(C(C)C)CC4)c(Br)cnc3[nH]2)cc1. The molecule has 0 saturated carbocycles. The van der Waals surface area contributed by atoms with Crippen LogP contribution >= 0.6 is 15.9 Å². The molecule has 0 aliphatic carbocycles. The van der Waals surface area contributed by atoms with Crippen molar-refractivity contribution in [3.05, 3.63) is 34.9 Å². The Labute approximate surface area is 240 Å². The quantitative estimate of drug-likeness (QED) is 0.199. The predicted molar refractivity (Wildman–Crippen MR) is 162 cm³/mol. The number of hydrogen-bond acceptors (Lipinski definition) is 7. The number of likely N-dealkylation sites (tertiary alicyclic amines) is 1. The summed E-state index contributed by atoms with van der Waals surface area (Å²) < 4.78 is 6.04. The maximum absolute atomic E-state index is 11.4. The Balaban J connectivity index is 1.44. The minimum atomic E-state index is 0.413. The van der Waals surface area contributed by atoms with Crippen LogP contribution in [0.2, 0.25) is 0 Å². The van der Waals surface area contributed by atoms with Crippen molar-refractivity contribution < 1.29 is 9.53 Å². The number of benzene rings is 1. The van der Waals surface area contributed by atoms with Crippen molar-refractivity contribution in [3.63, 3.8) is 0 Å². The van der Waals surface area contributed by atoms with Crippen LogP contribution in [0.1, 0.15) is 40.0 Å². The van der Waals surface area contributed by atoms with Gasteiger partial charge in [-0.1, -0.05) is 0 Å². The molecule has 3 aromatic rings. The molecule has 1 aliphatic heterocycles. The van der Waals surface area contributed by atoms with E-state index < -0.39 is 0 Å². The molecule has 1 saturated heterocycles. The normalized spacial score (nSPS) is 14.7. The molecular weight excluding hydrogens is 558 g/mol. The fourth-order valence-corrected chi connectivity index (χ4v) is 5.55. The summed E-state index contributed by atoms with van der Waals surface area (Å²) >= 11 is 3.70. The summed E-state index contributed by atoms with van der Waals surface area (Å²) in [6, 6.07) is 9.43. The molecule has 10 heteroatoms. The zero-order valence-electron chi connectivity index (χ0n) is 23.6. The van der Waals surface area contributed by atoms with Gasteiger partial charge in [-0.05, 0) is 80.2 Å². The van der Waals surface area contributed by atoms with Crippen molar-refractivity contribution >= 4 is 44.9 Å². The number of likely N-dealkylation sites (N-methyl/N-ethyl adjacent to an activating group) is 1. The van der Waals surface area contributed by atoms with E-state index in [0.717, 1.165) is 90.3 Å². The third-order valence-corrected chi connectivity index (χ3v) is 8.16. The minimum absolute atomic E-state index is 0.413. The van der Waals surface area contributed by atoms with Crippen molar-refractivity contribution in [1.29, 1.82) is 0 Å². The summed E-state index contributed by atoms with van der Waals surface area (Å²) in [5.74, 6) is 0.799. The van der Waals surface area contributed by atoms with Crippen LogP contribution in [0, 0.1) is 0 Å². The summed E-state index contributed by atoms with van der Waals surface area (Å²) in [5.41, 5.74) is 4.76. The van der Waals surface area contributed by atoms with Crippen LogP contribution in [0.15, 0.2) is 34.9 Å². The average Bonchev–Trinajstić information content (AvgIpc) is 3.39. The molecule has 9 nitrogen and oxygen atoms in total. The highest BCUT2D eigenvalue weighted by atomic mass is 79.9.